The Morgan fingerprint density at radius 1 is 1.21 bits per heavy atom. The van der Waals surface area contributed by atoms with Gasteiger partial charge in [0.05, 0.1) is 24.1 Å². The number of fused-ring (bicyclic) bond motifs is 2. The summed E-state index contributed by atoms with van der Waals surface area (Å²) >= 11 is 0. The van der Waals surface area contributed by atoms with E-state index >= 15 is 0 Å². The van der Waals surface area contributed by atoms with Gasteiger partial charge < -0.3 is 9.47 Å². The van der Waals surface area contributed by atoms with Crippen LogP contribution in [0.3, 0.4) is 0 Å². The van der Waals surface area contributed by atoms with E-state index in [0.717, 1.165) is 0 Å². The third-order valence-corrected chi connectivity index (χ3v) is 5.31. The summed E-state index contributed by atoms with van der Waals surface area (Å²) in [6, 6.07) is 9.33. The van der Waals surface area contributed by atoms with Crippen molar-refractivity contribution in [3.8, 4) is 18.2 Å². The molecule has 7 heteroatoms. The monoisotopic (exact) mass is 321 g/mol. The molecule has 2 saturated heterocycles. The van der Waals surface area contributed by atoms with Crippen molar-refractivity contribution in [2.24, 2.45) is 16.7 Å². The average molecular weight is 321 g/mol. The number of aromatic nitrogens is 1. The number of hydrogen-bond acceptors (Lipinski definition) is 7. The van der Waals surface area contributed by atoms with Gasteiger partial charge in [-0.1, -0.05) is 13.8 Å². The molecule has 120 valence electrons. The summed E-state index contributed by atoms with van der Waals surface area (Å²) in [4.78, 5) is 3.94. The van der Waals surface area contributed by atoms with Crippen LogP contribution < -0.4 is 0 Å². The summed E-state index contributed by atoms with van der Waals surface area (Å²) in [7, 11) is 0. The molecule has 1 aromatic rings. The van der Waals surface area contributed by atoms with Crippen LogP contribution >= 0.6 is 0 Å². The van der Waals surface area contributed by atoms with Crippen LogP contribution in [-0.4, -0.2) is 16.7 Å². The molecule has 2 bridgehead atoms. The van der Waals surface area contributed by atoms with Crippen molar-refractivity contribution in [1.82, 2.24) is 4.98 Å². The van der Waals surface area contributed by atoms with Crippen molar-refractivity contribution in [3.63, 3.8) is 0 Å². The molecule has 0 aliphatic carbocycles. The number of ether oxygens (including phenoxy) is 2. The number of hydrogen-bond donors (Lipinski definition) is 1. The summed E-state index contributed by atoms with van der Waals surface area (Å²) < 4.78 is 11.8. The van der Waals surface area contributed by atoms with Crippen LogP contribution in [0, 0.1) is 56.2 Å². The van der Waals surface area contributed by atoms with Crippen molar-refractivity contribution in [2.45, 2.75) is 32.2 Å². The quantitative estimate of drug-likeness (QED) is 0.891. The van der Waals surface area contributed by atoms with E-state index < -0.39 is 28.6 Å². The Morgan fingerprint density at radius 3 is 2.33 bits per heavy atom. The zero-order valence-corrected chi connectivity index (χ0v) is 13.3. The highest BCUT2D eigenvalue weighted by atomic mass is 16.7. The van der Waals surface area contributed by atoms with Gasteiger partial charge in [-0.05, 0) is 17.7 Å². The van der Waals surface area contributed by atoms with E-state index in [1.165, 1.54) is 12.4 Å². The maximum Gasteiger partial charge on any atom is 0.217 e. The molecule has 2 aliphatic heterocycles. The molecule has 1 aromatic heterocycles. The van der Waals surface area contributed by atoms with E-state index in [9.17, 15) is 15.8 Å². The predicted molar refractivity (Wildman–Crippen MR) is 80.8 cm³/mol. The SMILES string of the molecule is CC[C@@]12OC(=N)[C@@](C#N)([C@H]1C)C(C#N)(C#N)[C@@H](c1ccncc1)O2. The van der Waals surface area contributed by atoms with Gasteiger partial charge in [0.1, 0.15) is 6.10 Å². The van der Waals surface area contributed by atoms with Crippen LogP contribution in [0.15, 0.2) is 24.5 Å². The van der Waals surface area contributed by atoms with Crippen molar-refractivity contribution < 1.29 is 9.47 Å². The van der Waals surface area contributed by atoms with Gasteiger partial charge in [0.15, 0.2) is 5.41 Å². The molecule has 0 aromatic carbocycles. The van der Waals surface area contributed by atoms with Crippen LogP contribution in [0.1, 0.15) is 31.9 Å². The lowest BCUT2D eigenvalue weighted by Gasteiger charge is -2.48. The molecule has 2 fully saturated rings. The van der Waals surface area contributed by atoms with Gasteiger partial charge >= 0.3 is 0 Å². The first-order chi connectivity index (χ1) is 11.5. The molecular formula is C17H15N5O2. The van der Waals surface area contributed by atoms with Crippen molar-refractivity contribution >= 4 is 5.90 Å². The Bertz CT molecular complexity index is 804. The van der Waals surface area contributed by atoms with Gasteiger partial charge in [-0.25, -0.2) is 0 Å². The van der Waals surface area contributed by atoms with Crippen LogP contribution in [0.2, 0.25) is 0 Å². The van der Waals surface area contributed by atoms with Crippen LogP contribution in [0.25, 0.3) is 0 Å². The molecule has 4 atom stereocenters. The summed E-state index contributed by atoms with van der Waals surface area (Å²) in [5.74, 6) is -2.22. The molecule has 1 N–H and O–H groups in total. The highest BCUT2D eigenvalue weighted by molar-refractivity contribution is 5.89. The van der Waals surface area contributed by atoms with E-state index in [-0.39, 0.29) is 5.90 Å². The van der Waals surface area contributed by atoms with E-state index in [1.54, 1.807) is 19.1 Å². The maximum absolute atomic E-state index is 9.94. The van der Waals surface area contributed by atoms with Gasteiger partial charge in [-0.3, -0.25) is 10.4 Å². The Labute approximate surface area is 139 Å². The van der Waals surface area contributed by atoms with Gasteiger partial charge in [0.25, 0.3) is 0 Å². The highest BCUT2D eigenvalue weighted by Crippen LogP contribution is 2.66. The smallest absolute Gasteiger partial charge is 0.217 e. The van der Waals surface area contributed by atoms with Gasteiger partial charge in [0, 0.05) is 18.8 Å². The molecule has 0 radical (unpaired) electrons. The molecule has 0 spiro atoms. The molecule has 0 saturated carbocycles. The largest absolute Gasteiger partial charge is 0.447 e. The second-order valence-electron chi connectivity index (χ2n) is 6.05. The standard InChI is InChI=1S/C17H15N5O2/c1-3-17-11(2)16(10-20,14(21)24-17)15(8-18,9-19)13(23-17)12-4-6-22-7-5-12/h4-7,11,13,21H,3H2,1-2H3/t11-,13-,16-,17-/m1/s1. The minimum absolute atomic E-state index is 0.376. The second kappa shape index (κ2) is 5.03. The van der Waals surface area contributed by atoms with Gasteiger partial charge in [-0.15, -0.1) is 0 Å². The third-order valence-electron chi connectivity index (χ3n) is 5.31. The second-order valence-corrected chi connectivity index (χ2v) is 6.05. The van der Waals surface area contributed by atoms with Crippen molar-refractivity contribution in [1.29, 1.82) is 21.2 Å². The van der Waals surface area contributed by atoms with E-state index in [2.05, 4.69) is 11.1 Å². The molecule has 0 unspecified atom stereocenters. The Balaban J connectivity index is 2.34. The molecular weight excluding hydrogens is 306 g/mol. The number of nitrogens with zero attached hydrogens (tertiary/aromatic N) is 4. The maximum atomic E-state index is 9.94. The summed E-state index contributed by atoms with van der Waals surface area (Å²) in [6.45, 7) is 3.52. The van der Waals surface area contributed by atoms with E-state index in [4.69, 9.17) is 14.9 Å². The highest BCUT2D eigenvalue weighted by Gasteiger charge is 2.78. The van der Waals surface area contributed by atoms with E-state index in [1.807, 2.05) is 19.1 Å². The number of rotatable bonds is 2. The Kier molecular flexibility index (Phi) is 3.34. The fraction of sp³-hybridized carbons (Fsp3) is 0.471. The summed E-state index contributed by atoms with van der Waals surface area (Å²) in [6.07, 6.45) is 2.42. The number of nitrogens with one attached hydrogen (secondary N) is 1. The first kappa shape index (κ1) is 15.9. The van der Waals surface area contributed by atoms with Crippen molar-refractivity contribution in [3.05, 3.63) is 30.1 Å². The fourth-order valence-corrected chi connectivity index (χ4v) is 3.88. The Morgan fingerprint density at radius 2 is 1.83 bits per heavy atom. The topological polar surface area (TPSA) is 127 Å². The van der Waals surface area contributed by atoms with E-state index in [0.29, 0.717) is 12.0 Å². The van der Waals surface area contributed by atoms with Crippen LogP contribution in [-0.2, 0) is 9.47 Å². The molecule has 3 rings (SSSR count). The van der Waals surface area contributed by atoms with Crippen LogP contribution in [0.4, 0.5) is 0 Å². The number of nitriles is 3. The minimum Gasteiger partial charge on any atom is -0.447 e. The minimum atomic E-state index is -1.89. The first-order valence-corrected chi connectivity index (χ1v) is 7.57. The first-order valence-electron chi connectivity index (χ1n) is 7.57. The normalized spacial score (nSPS) is 36.0. The molecule has 2 aliphatic rings. The van der Waals surface area contributed by atoms with Crippen LogP contribution in [0.5, 0.6) is 0 Å². The summed E-state index contributed by atoms with van der Waals surface area (Å²) in [5.41, 5.74) is -3.04. The average Bonchev–Trinajstić information content (AvgIpc) is 2.78. The molecule has 24 heavy (non-hydrogen) atoms. The molecule has 7 nitrogen and oxygen atoms in total. The molecule has 0 amide bonds. The lowest BCUT2D eigenvalue weighted by atomic mass is 9.53. The van der Waals surface area contributed by atoms with Gasteiger partial charge in [-0.2, -0.15) is 15.8 Å². The van der Waals surface area contributed by atoms with Crippen molar-refractivity contribution in [2.75, 3.05) is 0 Å². The molecule has 3 heterocycles. The third kappa shape index (κ3) is 1.51. The Hall–Kier alpha value is -2.95. The summed E-state index contributed by atoms with van der Waals surface area (Å²) in [5, 5.41) is 38.0. The van der Waals surface area contributed by atoms with Gasteiger partial charge in [0.2, 0.25) is 17.1 Å². The lowest BCUT2D eigenvalue weighted by molar-refractivity contribution is -0.280. The fourth-order valence-electron chi connectivity index (χ4n) is 3.88. The zero-order valence-electron chi connectivity index (χ0n) is 13.3. The predicted octanol–water partition coefficient (Wildman–Crippen LogP) is 2.45. The lowest BCUT2D eigenvalue weighted by Crippen LogP contribution is -2.58. The zero-order chi connectivity index (χ0) is 17.6. The number of pyridine rings is 1.